The minimum absolute atomic E-state index is 0.0479. The summed E-state index contributed by atoms with van der Waals surface area (Å²) in [4.78, 5) is 12.0. The molecule has 0 fully saturated rings. The monoisotopic (exact) mass is 326 g/mol. The third-order valence-electron chi connectivity index (χ3n) is 4.32. The van der Waals surface area contributed by atoms with Crippen LogP contribution in [0.2, 0.25) is 0 Å². The molecule has 1 aliphatic carbocycles. The molecule has 4 heteroatoms. The first kappa shape index (κ1) is 18.0. The summed E-state index contributed by atoms with van der Waals surface area (Å²) in [5.74, 6) is 0.873. The average molecular weight is 326 g/mol. The number of allylic oxidation sites excluding steroid dienone is 3. The number of amides is 1. The summed E-state index contributed by atoms with van der Waals surface area (Å²) >= 11 is 0. The van der Waals surface area contributed by atoms with Crippen LogP contribution in [0, 0.1) is 19.8 Å². The standard InChI is InChI=1S/C20H26N2O2/c1-13(2)17-9-8-15(4)18(11-17)21-22-20(23)12-24-19-10-14(3)6-7-16(19)5/h6-8,10,17H,1,9,11-12H2,2-5H3,(H,22,23). The number of nitrogens with zero attached hydrogens (tertiary/aromatic N) is 1. The molecule has 1 amide bonds. The highest BCUT2D eigenvalue weighted by Crippen LogP contribution is 2.26. The van der Waals surface area contributed by atoms with Crippen LogP contribution in [0.25, 0.3) is 0 Å². The van der Waals surface area contributed by atoms with E-state index in [-0.39, 0.29) is 12.5 Å². The molecule has 4 nitrogen and oxygen atoms in total. The lowest BCUT2D eigenvalue weighted by Gasteiger charge is -2.22. The highest BCUT2D eigenvalue weighted by atomic mass is 16.5. The van der Waals surface area contributed by atoms with Gasteiger partial charge in [0.25, 0.3) is 5.91 Å². The lowest BCUT2D eigenvalue weighted by Crippen LogP contribution is -2.27. The van der Waals surface area contributed by atoms with Crippen LogP contribution in [0.5, 0.6) is 5.75 Å². The third kappa shape index (κ3) is 4.82. The number of carbonyl (C=O) groups is 1. The Kier molecular flexibility index (Phi) is 5.96. The molecule has 128 valence electrons. The topological polar surface area (TPSA) is 50.7 Å². The first-order valence-corrected chi connectivity index (χ1v) is 8.24. The van der Waals surface area contributed by atoms with Crippen LogP contribution in [-0.2, 0) is 4.79 Å². The van der Waals surface area contributed by atoms with Crippen LogP contribution in [0.15, 0.2) is 47.1 Å². The fraction of sp³-hybridized carbons (Fsp3) is 0.400. The molecule has 0 heterocycles. The van der Waals surface area contributed by atoms with Gasteiger partial charge in [-0.1, -0.05) is 30.4 Å². The normalized spacial score (nSPS) is 18.9. The lowest BCUT2D eigenvalue weighted by molar-refractivity contribution is -0.123. The Hall–Kier alpha value is -2.36. The van der Waals surface area contributed by atoms with Gasteiger partial charge >= 0.3 is 0 Å². The van der Waals surface area contributed by atoms with Crippen LogP contribution in [0.1, 0.15) is 37.8 Å². The Bertz CT molecular complexity index is 702. The van der Waals surface area contributed by atoms with Gasteiger partial charge in [0, 0.05) is 0 Å². The molecular weight excluding hydrogens is 300 g/mol. The van der Waals surface area contributed by atoms with E-state index in [0.29, 0.717) is 5.92 Å². The van der Waals surface area contributed by atoms with Gasteiger partial charge in [0.15, 0.2) is 6.61 Å². The molecule has 1 aliphatic rings. The molecule has 24 heavy (non-hydrogen) atoms. The predicted molar refractivity (Wildman–Crippen MR) is 98.3 cm³/mol. The molecule has 0 aliphatic heterocycles. The third-order valence-corrected chi connectivity index (χ3v) is 4.32. The van der Waals surface area contributed by atoms with Gasteiger partial charge < -0.3 is 4.74 Å². The molecule has 0 radical (unpaired) electrons. The number of benzene rings is 1. The summed E-state index contributed by atoms with van der Waals surface area (Å²) in [7, 11) is 0. The number of ether oxygens (including phenoxy) is 1. The van der Waals surface area contributed by atoms with E-state index in [1.165, 1.54) is 0 Å². The van der Waals surface area contributed by atoms with E-state index in [9.17, 15) is 4.79 Å². The molecule has 1 aromatic rings. The Morgan fingerprint density at radius 3 is 2.83 bits per heavy atom. The zero-order chi connectivity index (χ0) is 17.7. The number of rotatable bonds is 5. The summed E-state index contributed by atoms with van der Waals surface area (Å²) in [6, 6.07) is 5.93. The van der Waals surface area contributed by atoms with Crippen LogP contribution in [0.3, 0.4) is 0 Å². The van der Waals surface area contributed by atoms with E-state index >= 15 is 0 Å². The minimum atomic E-state index is -0.256. The smallest absolute Gasteiger partial charge is 0.277 e. The summed E-state index contributed by atoms with van der Waals surface area (Å²) in [6.45, 7) is 12.0. The molecule has 1 aromatic carbocycles. The summed E-state index contributed by atoms with van der Waals surface area (Å²) in [5, 5.41) is 4.28. The lowest BCUT2D eigenvalue weighted by atomic mass is 9.85. The van der Waals surface area contributed by atoms with E-state index in [0.717, 1.165) is 46.6 Å². The van der Waals surface area contributed by atoms with E-state index < -0.39 is 0 Å². The second-order valence-corrected chi connectivity index (χ2v) is 6.52. The van der Waals surface area contributed by atoms with Crippen LogP contribution < -0.4 is 10.2 Å². The second kappa shape index (κ2) is 7.95. The molecule has 1 atom stereocenters. The van der Waals surface area contributed by atoms with E-state index in [4.69, 9.17) is 4.74 Å². The Morgan fingerprint density at radius 2 is 2.12 bits per heavy atom. The van der Waals surface area contributed by atoms with Gasteiger partial charge in [-0.25, -0.2) is 5.43 Å². The minimum Gasteiger partial charge on any atom is -0.483 e. The van der Waals surface area contributed by atoms with Crippen molar-refractivity contribution in [2.24, 2.45) is 11.0 Å². The number of nitrogens with one attached hydrogen (secondary N) is 1. The SMILES string of the molecule is C=C(C)C1CC=C(C)C(=NNC(=O)COc2cc(C)ccc2C)C1. The second-order valence-electron chi connectivity index (χ2n) is 6.52. The van der Waals surface area contributed by atoms with Crippen molar-refractivity contribution in [3.05, 3.63) is 53.1 Å². The fourth-order valence-corrected chi connectivity index (χ4v) is 2.59. The molecule has 1 N–H and O–H groups in total. The predicted octanol–water partition coefficient (Wildman–Crippen LogP) is 4.09. The molecule has 0 bridgehead atoms. The fourth-order valence-electron chi connectivity index (χ4n) is 2.59. The maximum absolute atomic E-state index is 12.0. The number of hydrogen-bond acceptors (Lipinski definition) is 3. The maximum Gasteiger partial charge on any atom is 0.277 e. The molecule has 1 unspecified atom stereocenters. The molecule has 0 aromatic heterocycles. The van der Waals surface area contributed by atoms with Crippen molar-refractivity contribution in [1.29, 1.82) is 0 Å². The first-order valence-electron chi connectivity index (χ1n) is 8.24. The number of carbonyl (C=O) groups excluding carboxylic acids is 1. The Morgan fingerprint density at radius 1 is 1.38 bits per heavy atom. The summed E-state index contributed by atoms with van der Waals surface area (Å²) < 4.78 is 5.60. The van der Waals surface area contributed by atoms with Crippen molar-refractivity contribution in [3.63, 3.8) is 0 Å². The number of hydrazone groups is 1. The summed E-state index contributed by atoms with van der Waals surface area (Å²) in [5.41, 5.74) is 7.89. The van der Waals surface area contributed by atoms with Gasteiger partial charge in [-0.15, -0.1) is 0 Å². The van der Waals surface area contributed by atoms with E-state index in [1.807, 2.05) is 45.9 Å². The number of aryl methyl sites for hydroxylation is 2. The summed E-state index contributed by atoms with van der Waals surface area (Å²) in [6.07, 6.45) is 3.96. The largest absolute Gasteiger partial charge is 0.483 e. The quantitative estimate of drug-likeness (QED) is 0.654. The molecule has 0 spiro atoms. The Balaban J connectivity index is 1.92. The van der Waals surface area contributed by atoms with Crippen LogP contribution in [-0.4, -0.2) is 18.2 Å². The van der Waals surface area contributed by atoms with Crippen molar-refractivity contribution in [1.82, 2.24) is 5.43 Å². The van der Waals surface area contributed by atoms with Gasteiger partial charge in [-0.3, -0.25) is 4.79 Å². The van der Waals surface area contributed by atoms with Gasteiger partial charge in [-0.05, 0) is 69.2 Å². The zero-order valence-corrected chi connectivity index (χ0v) is 15.0. The van der Waals surface area contributed by atoms with Gasteiger partial charge in [0.05, 0.1) is 5.71 Å². The van der Waals surface area contributed by atoms with Crippen LogP contribution in [0.4, 0.5) is 0 Å². The van der Waals surface area contributed by atoms with Crippen molar-refractivity contribution in [2.45, 2.75) is 40.5 Å². The van der Waals surface area contributed by atoms with Crippen molar-refractivity contribution in [2.75, 3.05) is 6.61 Å². The zero-order valence-electron chi connectivity index (χ0n) is 15.0. The molecule has 0 saturated heterocycles. The van der Waals surface area contributed by atoms with Crippen molar-refractivity contribution in [3.8, 4) is 5.75 Å². The van der Waals surface area contributed by atoms with E-state index in [2.05, 4.69) is 23.2 Å². The number of hydrogen-bond donors (Lipinski definition) is 1. The molecular formula is C20H26N2O2. The van der Waals surface area contributed by atoms with Gasteiger partial charge in [0.2, 0.25) is 0 Å². The molecule has 0 saturated carbocycles. The van der Waals surface area contributed by atoms with Gasteiger partial charge in [0.1, 0.15) is 5.75 Å². The van der Waals surface area contributed by atoms with E-state index in [1.54, 1.807) is 0 Å². The van der Waals surface area contributed by atoms with Crippen LogP contribution >= 0.6 is 0 Å². The highest BCUT2D eigenvalue weighted by molar-refractivity contribution is 6.01. The Labute approximate surface area is 144 Å². The average Bonchev–Trinajstić information content (AvgIpc) is 2.54. The highest BCUT2D eigenvalue weighted by Gasteiger charge is 2.18. The van der Waals surface area contributed by atoms with Gasteiger partial charge in [-0.2, -0.15) is 5.10 Å². The first-order chi connectivity index (χ1) is 11.4. The van der Waals surface area contributed by atoms with Crippen molar-refractivity contribution < 1.29 is 9.53 Å². The van der Waals surface area contributed by atoms with Crippen molar-refractivity contribution >= 4 is 11.6 Å². The maximum atomic E-state index is 12.0. The molecule has 2 rings (SSSR count).